The SMILES string of the molecule is CCc1nc(C)sc1C(=O)Nc1nc2cc(C(N)=O)cc(OCCCN3CC4(CCOCC4)C3)c2n1C/C=C/C[n+]1c2c(OC)cc(C(N)=O)cc2cn1NC(=O)c1cc(C)nn1CC. The van der Waals surface area contributed by atoms with E-state index in [4.69, 9.17) is 30.7 Å². The summed E-state index contributed by atoms with van der Waals surface area (Å²) in [6, 6.07) is 8.12. The van der Waals surface area contributed by atoms with Crippen LogP contribution in [0.1, 0.15) is 90.4 Å². The number of imidazole rings is 1. The number of primary amides is 2. The normalized spacial score (nSPS) is 14.9. The number of hydrogen-bond donors (Lipinski definition) is 4. The number of carbonyl (C=O) groups is 4. The van der Waals surface area contributed by atoms with Crippen LogP contribution in [0, 0.1) is 19.3 Å². The lowest BCUT2D eigenvalue weighted by Gasteiger charge is -2.52. The molecule has 0 bridgehead atoms. The van der Waals surface area contributed by atoms with Gasteiger partial charge in [0.25, 0.3) is 5.91 Å². The van der Waals surface area contributed by atoms with Crippen molar-refractivity contribution in [1.82, 2.24) is 34.0 Å². The highest BCUT2D eigenvalue weighted by atomic mass is 32.1. The number of aryl methyl sites for hydroxylation is 4. The van der Waals surface area contributed by atoms with Gasteiger partial charge in [-0.2, -0.15) is 5.10 Å². The van der Waals surface area contributed by atoms with Gasteiger partial charge in [0.15, 0.2) is 17.0 Å². The summed E-state index contributed by atoms with van der Waals surface area (Å²) in [5, 5.41) is 8.80. The van der Waals surface area contributed by atoms with E-state index >= 15 is 0 Å². The predicted octanol–water partition coefficient (Wildman–Crippen LogP) is 4.11. The molecule has 0 radical (unpaired) electrons. The van der Waals surface area contributed by atoms with Crippen molar-refractivity contribution < 1.29 is 38.1 Å². The summed E-state index contributed by atoms with van der Waals surface area (Å²) in [5.74, 6) is -1.03. The Morgan fingerprint density at radius 2 is 1.71 bits per heavy atom. The van der Waals surface area contributed by atoms with Crippen LogP contribution < -0.4 is 36.4 Å². The maximum Gasteiger partial charge on any atom is 0.375 e. The summed E-state index contributed by atoms with van der Waals surface area (Å²) in [5.41, 5.74) is 18.6. The molecule has 1 spiro atoms. The zero-order chi connectivity index (χ0) is 46.0. The Balaban J connectivity index is 1.12. The second-order valence-corrected chi connectivity index (χ2v) is 17.7. The standard InChI is InChI=1S/C45H54N12O7S/c1-6-32-39(65-28(4)48-32)43(61)50-44-49-33-21-30(41(47)59)23-36(64-16-10-13-53-25-45(26-53)11-17-63-18-12-45)38(33)54(44)14-8-9-15-56-37-31(20-29(40(46)58)22-35(37)62-5)24-57(56)52-42(60)34-19-27(3)51-55(34)7-2/h8-9,19-24H,6-7,10-18,25-26H2,1-5H3,(H5-,46,47,49,50,52,58,59,60,61)/p+1/b9-8+. The fraction of sp³-hybridized carbons (Fsp3) is 0.422. The smallest absolute Gasteiger partial charge is 0.375 e. The minimum Gasteiger partial charge on any atom is -0.492 e. The van der Waals surface area contributed by atoms with Gasteiger partial charge in [0, 0.05) is 62.5 Å². The Hall–Kier alpha value is -6.64. The molecule has 342 valence electrons. The van der Waals surface area contributed by atoms with E-state index in [-0.39, 0.29) is 36.1 Å². The van der Waals surface area contributed by atoms with Gasteiger partial charge in [-0.05, 0) is 82.9 Å². The topological polar surface area (TPSA) is 233 Å². The van der Waals surface area contributed by atoms with Crippen molar-refractivity contribution >= 4 is 62.9 Å². The van der Waals surface area contributed by atoms with Crippen molar-refractivity contribution in [2.75, 3.05) is 57.3 Å². The number of thiazole rings is 1. The first-order valence-electron chi connectivity index (χ1n) is 21.8. The number of benzene rings is 2. The van der Waals surface area contributed by atoms with Crippen LogP contribution in [-0.2, 0) is 30.8 Å². The lowest BCUT2D eigenvalue weighted by Crippen LogP contribution is -2.58. The number of nitrogens with one attached hydrogen (secondary N) is 2. The van der Waals surface area contributed by atoms with Crippen LogP contribution in [0.5, 0.6) is 11.5 Å². The number of aromatic nitrogens is 7. The predicted molar refractivity (Wildman–Crippen MR) is 244 cm³/mol. The number of hydrogen-bond acceptors (Lipinski definition) is 12. The molecule has 8 rings (SSSR count). The largest absolute Gasteiger partial charge is 0.492 e. The van der Waals surface area contributed by atoms with E-state index < -0.39 is 17.7 Å². The number of nitrogens with zero attached hydrogens (tertiary/aromatic N) is 8. The van der Waals surface area contributed by atoms with Crippen LogP contribution in [-0.4, -0.2) is 104 Å². The fourth-order valence-corrected chi connectivity index (χ4v) is 9.72. The lowest BCUT2D eigenvalue weighted by molar-refractivity contribution is -0.739. The van der Waals surface area contributed by atoms with Crippen molar-refractivity contribution in [2.45, 2.75) is 73.0 Å². The fourth-order valence-electron chi connectivity index (χ4n) is 8.82. The van der Waals surface area contributed by atoms with Gasteiger partial charge in [0.2, 0.25) is 17.8 Å². The number of amides is 4. The number of rotatable bonds is 18. The molecule has 0 saturated carbocycles. The molecule has 19 nitrogen and oxygen atoms in total. The second kappa shape index (κ2) is 18.8. The molecule has 2 aromatic carbocycles. The first-order valence-corrected chi connectivity index (χ1v) is 22.6. The van der Waals surface area contributed by atoms with Gasteiger partial charge in [-0.25, -0.2) is 14.8 Å². The summed E-state index contributed by atoms with van der Waals surface area (Å²) in [6.45, 7) is 13.4. The minimum absolute atomic E-state index is 0.198. The van der Waals surface area contributed by atoms with Crippen molar-refractivity contribution in [3.63, 3.8) is 0 Å². The minimum atomic E-state index is -0.640. The van der Waals surface area contributed by atoms with Crippen LogP contribution in [0.2, 0.25) is 0 Å². The van der Waals surface area contributed by atoms with Crippen LogP contribution >= 0.6 is 11.3 Å². The Bertz CT molecular complexity index is 2820. The van der Waals surface area contributed by atoms with Gasteiger partial charge in [0.1, 0.15) is 22.7 Å². The third kappa shape index (κ3) is 9.32. The molecule has 4 amide bonds. The molecule has 2 fully saturated rings. The van der Waals surface area contributed by atoms with E-state index in [1.54, 1.807) is 45.9 Å². The molecular formula is C45H55N12O7S+. The van der Waals surface area contributed by atoms with Crippen molar-refractivity contribution in [3.8, 4) is 11.5 Å². The summed E-state index contributed by atoms with van der Waals surface area (Å²) in [7, 11) is 1.49. The van der Waals surface area contributed by atoms with Gasteiger partial charge in [0.05, 0.1) is 47.2 Å². The highest BCUT2D eigenvalue weighted by Gasteiger charge is 2.43. The van der Waals surface area contributed by atoms with Crippen LogP contribution in [0.4, 0.5) is 5.95 Å². The Morgan fingerprint density at radius 3 is 2.42 bits per heavy atom. The van der Waals surface area contributed by atoms with E-state index in [9.17, 15) is 19.2 Å². The quantitative estimate of drug-likeness (QED) is 0.0545. The number of methoxy groups -OCH3 is 1. The average Bonchev–Trinajstić information content (AvgIpc) is 4.05. The molecule has 2 aliphatic rings. The van der Waals surface area contributed by atoms with Gasteiger partial charge in [-0.15, -0.1) is 21.4 Å². The first kappa shape index (κ1) is 44.9. The third-order valence-corrected chi connectivity index (χ3v) is 13.0. The van der Waals surface area contributed by atoms with E-state index in [1.165, 1.54) is 23.2 Å². The van der Waals surface area contributed by atoms with E-state index in [0.29, 0.717) is 80.4 Å². The maximum absolute atomic E-state index is 13.9. The van der Waals surface area contributed by atoms with E-state index in [1.807, 2.05) is 44.4 Å². The van der Waals surface area contributed by atoms with Crippen molar-refractivity contribution in [2.24, 2.45) is 16.9 Å². The molecule has 2 aliphatic heterocycles. The molecule has 4 aromatic heterocycles. The highest BCUT2D eigenvalue weighted by Crippen LogP contribution is 2.40. The van der Waals surface area contributed by atoms with Gasteiger partial charge < -0.3 is 35.1 Å². The van der Waals surface area contributed by atoms with Gasteiger partial charge >= 0.3 is 5.91 Å². The highest BCUT2D eigenvalue weighted by molar-refractivity contribution is 7.13. The average molecular weight is 908 g/mol. The number of fused-ring (bicyclic) bond motifs is 2. The molecular weight excluding hydrogens is 853 g/mol. The van der Waals surface area contributed by atoms with Gasteiger partial charge in [-0.1, -0.05) is 17.8 Å². The van der Waals surface area contributed by atoms with Crippen LogP contribution in [0.3, 0.4) is 0 Å². The number of nitrogens with two attached hydrogens (primary N) is 2. The number of ether oxygens (including phenoxy) is 3. The van der Waals surface area contributed by atoms with Gasteiger partial charge in [-0.3, -0.25) is 24.4 Å². The molecule has 6 aromatic rings. The second-order valence-electron chi connectivity index (χ2n) is 16.5. The first-order chi connectivity index (χ1) is 31.3. The monoisotopic (exact) mass is 907 g/mol. The van der Waals surface area contributed by atoms with E-state index in [2.05, 4.69) is 25.7 Å². The zero-order valence-electron chi connectivity index (χ0n) is 37.3. The Morgan fingerprint density at radius 1 is 0.969 bits per heavy atom. The lowest BCUT2D eigenvalue weighted by atomic mass is 9.73. The maximum atomic E-state index is 13.9. The summed E-state index contributed by atoms with van der Waals surface area (Å²) >= 11 is 1.31. The summed E-state index contributed by atoms with van der Waals surface area (Å²) in [6.07, 6.45) is 8.98. The van der Waals surface area contributed by atoms with E-state index in [0.717, 1.165) is 57.1 Å². The summed E-state index contributed by atoms with van der Waals surface area (Å²) < 4.78 is 23.0. The molecule has 0 aliphatic carbocycles. The Labute approximate surface area is 379 Å². The molecule has 20 heteroatoms. The molecule has 0 unspecified atom stereocenters. The molecule has 6 heterocycles. The van der Waals surface area contributed by atoms with Crippen LogP contribution in [0.15, 0.2) is 48.7 Å². The van der Waals surface area contributed by atoms with Crippen LogP contribution in [0.25, 0.3) is 21.9 Å². The Kier molecular flexibility index (Phi) is 13.0. The molecule has 0 atom stereocenters. The third-order valence-electron chi connectivity index (χ3n) is 12.0. The van der Waals surface area contributed by atoms with Crippen molar-refractivity contribution in [1.29, 1.82) is 0 Å². The van der Waals surface area contributed by atoms with Crippen molar-refractivity contribution in [3.05, 3.63) is 86.8 Å². The number of allylic oxidation sites excluding steroid dienone is 2. The number of carbonyl (C=O) groups excluding carboxylic acids is 4. The summed E-state index contributed by atoms with van der Waals surface area (Å²) in [4.78, 5) is 66.4. The molecule has 2 saturated heterocycles. The zero-order valence-corrected chi connectivity index (χ0v) is 38.1. The number of anilines is 1. The number of likely N-dealkylation sites (tertiary alicyclic amines) is 1. The molecule has 65 heavy (non-hydrogen) atoms. The molecule has 6 N–H and O–H groups in total.